The number of aliphatic carboxylic acids is 1. The van der Waals surface area contributed by atoms with Crippen LogP contribution in [-0.2, 0) is 9.59 Å². The predicted molar refractivity (Wildman–Crippen MR) is 68.3 cm³/mol. The number of nitrogens with two attached hydrogens (primary N) is 1. The van der Waals surface area contributed by atoms with Crippen molar-refractivity contribution in [2.45, 2.75) is 51.1 Å². The molecule has 2 unspecified atom stereocenters. The van der Waals surface area contributed by atoms with Crippen LogP contribution in [0.3, 0.4) is 0 Å². The molecule has 1 aliphatic carbocycles. The van der Waals surface area contributed by atoms with E-state index in [1.165, 1.54) is 0 Å². The lowest BCUT2D eigenvalue weighted by Crippen LogP contribution is -2.63. The maximum atomic E-state index is 12.1. The molecule has 0 aromatic rings. The van der Waals surface area contributed by atoms with Crippen molar-refractivity contribution in [2.24, 2.45) is 11.7 Å². The maximum absolute atomic E-state index is 12.1. The van der Waals surface area contributed by atoms with Gasteiger partial charge in [-0.05, 0) is 25.2 Å². The number of urea groups is 1. The van der Waals surface area contributed by atoms with Crippen molar-refractivity contribution in [3.63, 3.8) is 0 Å². The molecule has 0 radical (unpaired) electrons. The summed E-state index contributed by atoms with van der Waals surface area (Å²) < 4.78 is 0. The van der Waals surface area contributed by atoms with E-state index >= 15 is 0 Å². The number of hydrogen-bond donors (Lipinski definition) is 4. The summed E-state index contributed by atoms with van der Waals surface area (Å²) in [6.45, 7) is 3.68. The van der Waals surface area contributed by atoms with E-state index in [0.29, 0.717) is 19.3 Å². The summed E-state index contributed by atoms with van der Waals surface area (Å²) in [5, 5.41) is 14.1. The molecule has 3 amide bonds. The van der Waals surface area contributed by atoms with Gasteiger partial charge in [0.25, 0.3) is 0 Å². The van der Waals surface area contributed by atoms with Crippen molar-refractivity contribution in [3.05, 3.63) is 0 Å². The highest BCUT2D eigenvalue weighted by atomic mass is 16.4. The fraction of sp³-hybridized carbons (Fsp3) is 0.750. The van der Waals surface area contributed by atoms with Crippen molar-refractivity contribution >= 4 is 17.9 Å². The van der Waals surface area contributed by atoms with Gasteiger partial charge in [-0.1, -0.05) is 20.3 Å². The van der Waals surface area contributed by atoms with Crippen LogP contribution in [0.2, 0.25) is 0 Å². The van der Waals surface area contributed by atoms with Crippen molar-refractivity contribution in [1.29, 1.82) is 0 Å². The van der Waals surface area contributed by atoms with Gasteiger partial charge in [-0.3, -0.25) is 4.79 Å². The Morgan fingerprint density at radius 1 is 1.37 bits per heavy atom. The van der Waals surface area contributed by atoms with Gasteiger partial charge >= 0.3 is 12.0 Å². The smallest absolute Gasteiger partial charge is 0.329 e. The number of amides is 3. The molecule has 0 aliphatic heterocycles. The predicted octanol–water partition coefficient (Wildman–Crippen LogP) is 0.193. The number of carboxylic acids is 1. The van der Waals surface area contributed by atoms with Gasteiger partial charge in [0, 0.05) is 0 Å². The topological polar surface area (TPSA) is 122 Å². The average molecular weight is 271 g/mol. The number of carboxylic acid groups (broad SMARTS) is 1. The molecular formula is C12H21N3O4. The third kappa shape index (κ3) is 3.36. The second-order valence-corrected chi connectivity index (χ2v) is 5.10. The largest absolute Gasteiger partial charge is 0.480 e. The Morgan fingerprint density at radius 2 is 1.95 bits per heavy atom. The molecule has 1 fully saturated rings. The first-order valence-corrected chi connectivity index (χ1v) is 6.44. The van der Waals surface area contributed by atoms with Crippen LogP contribution in [0.4, 0.5) is 4.79 Å². The standard InChI is InChI=1S/C12H21N3O4/c1-3-7(2)8(14-11(13)19)9(16)15-12(10(17)18)5-4-6-12/h7-8H,3-6H2,1-2H3,(H,15,16)(H,17,18)(H3,13,14,19). The van der Waals surface area contributed by atoms with Crippen molar-refractivity contribution in [1.82, 2.24) is 10.6 Å². The minimum Gasteiger partial charge on any atom is -0.480 e. The van der Waals surface area contributed by atoms with Crippen LogP contribution >= 0.6 is 0 Å². The summed E-state index contributed by atoms with van der Waals surface area (Å²) in [5.74, 6) is -1.65. The summed E-state index contributed by atoms with van der Waals surface area (Å²) in [6, 6.07) is -1.60. The lowest BCUT2D eigenvalue weighted by Gasteiger charge is -2.39. The van der Waals surface area contributed by atoms with Crippen LogP contribution in [0.25, 0.3) is 0 Å². The third-order valence-electron chi connectivity index (χ3n) is 3.77. The molecule has 19 heavy (non-hydrogen) atoms. The van der Waals surface area contributed by atoms with E-state index in [0.717, 1.165) is 6.42 Å². The van der Waals surface area contributed by atoms with Crippen LogP contribution in [0.15, 0.2) is 0 Å². The first-order chi connectivity index (χ1) is 8.82. The van der Waals surface area contributed by atoms with Crippen LogP contribution in [0.5, 0.6) is 0 Å². The van der Waals surface area contributed by atoms with Gasteiger partial charge in [0.05, 0.1) is 0 Å². The van der Waals surface area contributed by atoms with E-state index in [1.807, 2.05) is 6.92 Å². The van der Waals surface area contributed by atoms with E-state index in [4.69, 9.17) is 10.8 Å². The van der Waals surface area contributed by atoms with Crippen molar-refractivity contribution in [3.8, 4) is 0 Å². The van der Waals surface area contributed by atoms with E-state index in [9.17, 15) is 14.4 Å². The van der Waals surface area contributed by atoms with E-state index in [2.05, 4.69) is 10.6 Å². The molecule has 1 saturated carbocycles. The van der Waals surface area contributed by atoms with Gasteiger partial charge in [-0.2, -0.15) is 0 Å². The first kappa shape index (κ1) is 15.3. The third-order valence-corrected chi connectivity index (χ3v) is 3.77. The van der Waals surface area contributed by atoms with Gasteiger partial charge in [0.15, 0.2) is 0 Å². The Hall–Kier alpha value is -1.79. The van der Waals surface area contributed by atoms with Crippen LogP contribution < -0.4 is 16.4 Å². The fourth-order valence-electron chi connectivity index (χ4n) is 2.09. The fourth-order valence-corrected chi connectivity index (χ4v) is 2.09. The van der Waals surface area contributed by atoms with Gasteiger partial charge < -0.3 is 21.5 Å². The van der Waals surface area contributed by atoms with Crippen LogP contribution in [0.1, 0.15) is 39.5 Å². The van der Waals surface area contributed by atoms with Crippen LogP contribution in [-0.4, -0.2) is 34.6 Å². The second kappa shape index (κ2) is 5.90. The molecule has 0 aromatic heterocycles. The zero-order valence-corrected chi connectivity index (χ0v) is 11.2. The molecule has 0 saturated heterocycles. The summed E-state index contributed by atoms with van der Waals surface area (Å²) in [7, 11) is 0. The monoisotopic (exact) mass is 271 g/mol. The lowest BCUT2D eigenvalue weighted by molar-refractivity contribution is -0.152. The number of hydrogen-bond acceptors (Lipinski definition) is 3. The zero-order chi connectivity index (χ0) is 14.6. The van der Waals surface area contributed by atoms with E-state index in [-0.39, 0.29) is 5.92 Å². The SMILES string of the molecule is CCC(C)C(NC(N)=O)C(=O)NC1(C(=O)O)CCC1. The summed E-state index contributed by atoms with van der Waals surface area (Å²) in [6.07, 6.45) is 2.26. The minimum atomic E-state index is -1.18. The quantitative estimate of drug-likeness (QED) is 0.551. The number of nitrogens with one attached hydrogen (secondary N) is 2. The number of primary amides is 1. The highest BCUT2D eigenvalue weighted by Gasteiger charge is 2.46. The maximum Gasteiger partial charge on any atom is 0.329 e. The molecule has 7 nitrogen and oxygen atoms in total. The van der Waals surface area contributed by atoms with Gasteiger partial charge in [0.2, 0.25) is 5.91 Å². The molecule has 7 heteroatoms. The van der Waals surface area contributed by atoms with Crippen LogP contribution in [0, 0.1) is 5.92 Å². The molecule has 1 aliphatic rings. The molecular weight excluding hydrogens is 250 g/mol. The summed E-state index contributed by atoms with van der Waals surface area (Å²) in [5.41, 5.74) is 3.87. The highest BCUT2D eigenvalue weighted by Crippen LogP contribution is 2.32. The van der Waals surface area contributed by atoms with E-state index < -0.39 is 29.5 Å². The second-order valence-electron chi connectivity index (χ2n) is 5.10. The van der Waals surface area contributed by atoms with Gasteiger partial charge in [-0.15, -0.1) is 0 Å². The molecule has 5 N–H and O–H groups in total. The average Bonchev–Trinajstić information content (AvgIpc) is 2.28. The molecule has 0 bridgehead atoms. The van der Waals surface area contributed by atoms with Crippen molar-refractivity contribution < 1.29 is 19.5 Å². The zero-order valence-electron chi connectivity index (χ0n) is 11.2. The molecule has 0 spiro atoms. The number of carbonyl (C=O) groups excluding carboxylic acids is 2. The Morgan fingerprint density at radius 3 is 2.26 bits per heavy atom. The van der Waals surface area contributed by atoms with Gasteiger partial charge in [0.1, 0.15) is 11.6 Å². The minimum absolute atomic E-state index is 0.126. The summed E-state index contributed by atoms with van der Waals surface area (Å²) in [4.78, 5) is 34.3. The highest BCUT2D eigenvalue weighted by molar-refractivity contribution is 5.92. The Balaban J connectivity index is 2.76. The first-order valence-electron chi connectivity index (χ1n) is 6.44. The van der Waals surface area contributed by atoms with E-state index in [1.54, 1.807) is 6.92 Å². The molecule has 0 aromatic carbocycles. The van der Waals surface area contributed by atoms with Crippen molar-refractivity contribution in [2.75, 3.05) is 0 Å². The Bertz CT molecular complexity index is 379. The lowest BCUT2D eigenvalue weighted by atomic mass is 9.76. The number of rotatable bonds is 6. The Labute approximate surface area is 111 Å². The molecule has 2 atom stereocenters. The molecule has 0 heterocycles. The van der Waals surface area contributed by atoms with Gasteiger partial charge in [-0.25, -0.2) is 9.59 Å². The summed E-state index contributed by atoms with van der Waals surface area (Å²) >= 11 is 0. The molecule has 108 valence electrons. The molecule has 1 rings (SSSR count). The normalized spacial score (nSPS) is 19.7. The Kier molecular flexibility index (Phi) is 4.74. The number of carbonyl (C=O) groups is 3.